The fraction of sp³-hybridized carbons (Fsp3) is 0.200. The summed E-state index contributed by atoms with van der Waals surface area (Å²) >= 11 is 0. The van der Waals surface area contributed by atoms with Gasteiger partial charge in [0.2, 0.25) is 0 Å². The molecule has 0 unspecified atom stereocenters. The maximum atomic E-state index is 8.80. The number of rotatable bonds is 3. The maximum Gasteiger partial charge on any atom is 0.128 e. The Hall–Kier alpha value is -4.11. The van der Waals surface area contributed by atoms with Gasteiger partial charge < -0.3 is 14.4 Å². The largest absolute Gasteiger partial charge is 0.500 e. The van der Waals surface area contributed by atoms with E-state index < -0.39 is 18.6 Å². The second-order valence-electron chi connectivity index (χ2n) is 11.9. The first-order valence-corrected chi connectivity index (χ1v) is 14.3. The van der Waals surface area contributed by atoms with Crippen LogP contribution in [0.2, 0.25) is 0 Å². The molecule has 7 rings (SSSR count). The molecule has 44 heavy (non-hydrogen) atoms. The summed E-state index contributed by atoms with van der Waals surface area (Å²) in [5.41, 5.74) is 5.97. The predicted octanol–water partition coefficient (Wildman–Crippen LogP) is 10.7. The summed E-state index contributed by atoms with van der Waals surface area (Å²) in [6.07, 6.45) is 1.24. The number of benzene rings is 4. The van der Waals surface area contributed by atoms with Gasteiger partial charge in [0.1, 0.15) is 5.58 Å². The van der Waals surface area contributed by atoms with Gasteiger partial charge in [0.15, 0.2) is 0 Å². The van der Waals surface area contributed by atoms with Gasteiger partial charge in [-0.15, -0.1) is 53.6 Å². The first-order chi connectivity index (χ1) is 22.6. The molecule has 3 nitrogen and oxygen atoms in total. The number of hydrogen-bond acceptors (Lipinski definition) is 3. The molecule has 0 saturated heterocycles. The Labute approximate surface area is 280 Å². The maximum absolute atomic E-state index is 8.80. The van der Waals surface area contributed by atoms with Crippen molar-refractivity contribution in [3.63, 3.8) is 0 Å². The predicted molar refractivity (Wildman–Crippen MR) is 179 cm³/mol. The molecule has 0 N–H and O–H groups in total. The molecule has 3 aromatic heterocycles. The zero-order valence-corrected chi connectivity index (χ0v) is 27.8. The van der Waals surface area contributed by atoms with Gasteiger partial charge in [0, 0.05) is 50.1 Å². The fourth-order valence-corrected chi connectivity index (χ4v) is 5.05. The Bertz CT molecular complexity index is 2210. The van der Waals surface area contributed by atoms with Crippen LogP contribution in [0.1, 0.15) is 49.9 Å². The molecular formula is C40H36IrN2O-2. The molecule has 0 saturated carbocycles. The van der Waals surface area contributed by atoms with E-state index in [4.69, 9.17) is 11.3 Å². The molecule has 0 aliphatic heterocycles. The van der Waals surface area contributed by atoms with Crippen LogP contribution in [0.5, 0.6) is 0 Å². The zero-order valence-electron chi connectivity index (χ0n) is 30.4. The molecule has 0 aliphatic rings. The van der Waals surface area contributed by atoms with Crippen molar-refractivity contribution >= 4 is 32.7 Å². The molecule has 4 heteroatoms. The van der Waals surface area contributed by atoms with Gasteiger partial charge in [-0.1, -0.05) is 98.8 Å². The monoisotopic (exact) mass is 758 g/mol. The third kappa shape index (κ3) is 6.67. The van der Waals surface area contributed by atoms with Crippen LogP contribution in [0.3, 0.4) is 0 Å². The molecule has 0 bridgehead atoms. The van der Waals surface area contributed by atoms with Crippen LogP contribution in [-0.2, 0) is 26.5 Å². The Morgan fingerprint density at radius 2 is 1.57 bits per heavy atom. The van der Waals surface area contributed by atoms with Crippen LogP contribution >= 0.6 is 0 Å². The number of aromatic nitrogens is 2. The number of aryl methyl sites for hydroxylation is 3. The van der Waals surface area contributed by atoms with Crippen molar-refractivity contribution in [2.75, 3.05) is 0 Å². The van der Waals surface area contributed by atoms with Gasteiger partial charge in [-0.3, -0.25) is 0 Å². The number of hydrogen-bond donors (Lipinski definition) is 0. The van der Waals surface area contributed by atoms with Gasteiger partial charge in [-0.05, 0) is 53.5 Å². The molecule has 223 valence electrons. The number of pyridine rings is 2. The smallest absolute Gasteiger partial charge is 0.128 e. The van der Waals surface area contributed by atoms with Gasteiger partial charge in [0.25, 0.3) is 0 Å². The van der Waals surface area contributed by atoms with Gasteiger partial charge in [0.05, 0.1) is 5.58 Å². The molecule has 0 fully saturated rings. The molecule has 0 spiro atoms. The van der Waals surface area contributed by atoms with E-state index in [2.05, 4.69) is 47.2 Å². The van der Waals surface area contributed by atoms with E-state index >= 15 is 0 Å². The fourth-order valence-electron chi connectivity index (χ4n) is 5.05. The Morgan fingerprint density at radius 1 is 0.795 bits per heavy atom. The number of furan rings is 1. The van der Waals surface area contributed by atoms with E-state index in [1.165, 1.54) is 17.3 Å². The molecule has 1 radical (unpaired) electrons. The van der Waals surface area contributed by atoms with Crippen molar-refractivity contribution in [2.24, 2.45) is 5.41 Å². The van der Waals surface area contributed by atoms with Crippen molar-refractivity contribution in [1.82, 2.24) is 9.97 Å². The van der Waals surface area contributed by atoms with Gasteiger partial charge in [-0.2, -0.15) is 0 Å². The Morgan fingerprint density at radius 3 is 2.30 bits per heavy atom. The van der Waals surface area contributed by atoms with Gasteiger partial charge in [-0.25, -0.2) is 0 Å². The van der Waals surface area contributed by atoms with Crippen molar-refractivity contribution in [3.8, 4) is 22.5 Å². The van der Waals surface area contributed by atoms with Crippen molar-refractivity contribution in [2.45, 2.75) is 47.8 Å². The third-order valence-electron chi connectivity index (χ3n) is 7.15. The van der Waals surface area contributed by atoms with Crippen LogP contribution in [0.4, 0.5) is 0 Å². The van der Waals surface area contributed by atoms with Crippen LogP contribution < -0.4 is 0 Å². The number of nitrogens with zero attached hydrogens (tertiary/aromatic N) is 2. The van der Waals surface area contributed by atoms with E-state index in [-0.39, 0.29) is 31.2 Å². The summed E-state index contributed by atoms with van der Waals surface area (Å²) in [6, 6.07) is 34.0. The second-order valence-corrected chi connectivity index (χ2v) is 11.9. The summed E-state index contributed by atoms with van der Waals surface area (Å²) in [5.74, 6) is 0. The summed E-state index contributed by atoms with van der Waals surface area (Å²) in [4.78, 5) is 8.78. The first kappa shape index (κ1) is 25.2. The summed E-state index contributed by atoms with van der Waals surface area (Å²) < 4.78 is 47.8. The molecular weight excluding hydrogens is 717 g/mol. The summed E-state index contributed by atoms with van der Waals surface area (Å²) in [7, 11) is 0. The van der Waals surface area contributed by atoms with Gasteiger partial charge >= 0.3 is 0 Å². The topological polar surface area (TPSA) is 38.9 Å². The van der Waals surface area contributed by atoms with E-state index in [0.29, 0.717) is 16.8 Å². The minimum atomic E-state index is -2.49. The standard InChI is InChI=1S/C27H24NO.C13H12N.Ir/c1-17-16-28-24(14-19(17)15-27(2,3)4)23-11-7-10-21-22-13-12-18-8-5-6-9-20(18)25(22)29-26(21)23;1-10-3-6-12(7-4-10)13-8-5-11(2)9-14-13;/h5-10,12-14,16H,15H2,1-4H3;3-6,8-9H,1-2H3;/q2*-1;/i1D3,15D2;;. The second kappa shape index (κ2) is 12.9. The zero-order chi connectivity index (χ0) is 34.4. The summed E-state index contributed by atoms with van der Waals surface area (Å²) in [5, 5.41) is 3.93. The Balaban J connectivity index is 0.000000262. The van der Waals surface area contributed by atoms with E-state index in [1.807, 2.05) is 67.7 Å². The van der Waals surface area contributed by atoms with Crippen molar-refractivity contribution in [3.05, 3.63) is 132 Å². The normalized spacial score (nSPS) is 13.6. The molecule has 7 aromatic rings. The minimum Gasteiger partial charge on any atom is -0.500 e. The van der Waals surface area contributed by atoms with Crippen LogP contribution in [0.25, 0.3) is 55.2 Å². The Kier molecular flexibility index (Phi) is 7.38. The average molecular weight is 758 g/mol. The van der Waals surface area contributed by atoms with E-state index in [0.717, 1.165) is 38.4 Å². The van der Waals surface area contributed by atoms with Crippen LogP contribution in [0.15, 0.2) is 102 Å². The molecule has 0 atom stereocenters. The van der Waals surface area contributed by atoms with Crippen LogP contribution in [-0.4, -0.2) is 9.97 Å². The SMILES string of the molecule is Cc1c[c-]c(-c2ccc(C)cn2)cc1.[2H]C([2H])([2H])c1cnc(-c2[c-]ccc3c2oc2c4ccccc4ccc32)cc1C([2H])([2H])C(C)(C)C.[Ir]. The minimum absolute atomic E-state index is 0. The van der Waals surface area contributed by atoms with Crippen molar-refractivity contribution < 1.29 is 31.4 Å². The quantitative estimate of drug-likeness (QED) is 0.169. The summed E-state index contributed by atoms with van der Waals surface area (Å²) in [6.45, 7) is 6.88. The van der Waals surface area contributed by atoms with E-state index in [9.17, 15) is 0 Å². The first-order valence-electron chi connectivity index (χ1n) is 16.8. The third-order valence-corrected chi connectivity index (χ3v) is 7.15. The van der Waals surface area contributed by atoms with Crippen molar-refractivity contribution in [1.29, 1.82) is 0 Å². The molecule has 4 aromatic carbocycles. The molecule has 3 heterocycles. The molecule has 0 aliphatic carbocycles. The van der Waals surface area contributed by atoms with Crippen LogP contribution in [0, 0.1) is 38.2 Å². The average Bonchev–Trinajstić information content (AvgIpc) is 3.44. The molecule has 0 amide bonds. The van der Waals surface area contributed by atoms with E-state index in [1.54, 1.807) is 32.9 Å². The number of fused-ring (bicyclic) bond motifs is 5.